The highest BCUT2D eigenvalue weighted by molar-refractivity contribution is 5.03. The minimum absolute atomic E-state index is 0.626. The number of aromatic nitrogens is 1. The van der Waals surface area contributed by atoms with Gasteiger partial charge in [0.05, 0.1) is 5.69 Å². The number of nitrogens with zero attached hydrogens (tertiary/aromatic N) is 2. The molecule has 3 nitrogen and oxygen atoms in total. The zero-order valence-electron chi connectivity index (χ0n) is 11.6. The van der Waals surface area contributed by atoms with Crippen molar-refractivity contribution < 1.29 is 0 Å². The van der Waals surface area contributed by atoms with Crippen LogP contribution in [-0.4, -0.2) is 35.6 Å². The second-order valence-electron chi connectivity index (χ2n) is 5.36. The Labute approximate surface area is 111 Å². The molecule has 1 N–H and O–H groups in total. The second-order valence-corrected chi connectivity index (χ2v) is 5.36. The van der Waals surface area contributed by atoms with Gasteiger partial charge in [-0.25, -0.2) is 0 Å². The first-order chi connectivity index (χ1) is 8.79. The standard InChI is InChI=1S/C15H25N3/c1-3-13(2)15-12-18(10-6-9-17-15)11-14-7-4-5-8-16-14/h4-5,7-8,13,15,17H,3,6,9-12H2,1-2H3. The van der Waals surface area contributed by atoms with Crippen LogP contribution in [-0.2, 0) is 6.54 Å². The number of hydrogen-bond acceptors (Lipinski definition) is 3. The van der Waals surface area contributed by atoms with Crippen LogP contribution in [0.15, 0.2) is 24.4 Å². The monoisotopic (exact) mass is 247 g/mol. The zero-order chi connectivity index (χ0) is 12.8. The summed E-state index contributed by atoms with van der Waals surface area (Å²) in [5, 5.41) is 3.69. The van der Waals surface area contributed by atoms with Crippen molar-refractivity contribution in [2.24, 2.45) is 5.92 Å². The molecule has 1 fully saturated rings. The molecule has 1 aliphatic heterocycles. The third kappa shape index (κ3) is 3.79. The van der Waals surface area contributed by atoms with Crippen LogP contribution in [0.4, 0.5) is 0 Å². The summed E-state index contributed by atoms with van der Waals surface area (Å²) < 4.78 is 0. The maximum absolute atomic E-state index is 4.43. The largest absolute Gasteiger partial charge is 0.312 e. The van der Waals surface area contributed by atoms with E-state index >= 15 is 0 Å². The fourth-order valence-electron chi connectivity index (χ4n) is 2.55. The average Bonchev–Trinajstić information content (AvgIpc) is 2.65. The third-order valence-electron chi connectivity index (χ3n) is 3.96. The van der Waals surface area contributed by atoms with E-state index in [-0.39, 0.29) is 0 Å². The van der Waals surface area contributed by atoms with E-state index in [0.717, 1.165) is 25.6 Å². The molecular weight excluding hydrogens is 222 g/mol. The molecule has 2 atom stereocenters. The van der Waals surface area contributed by atoms with Crippen LogP contribution < -0.4 is 5.32 Å². The SMILES string of the molecule is CCC(C)C1CN(Cc2ccccn2)CCCN1. The van der Waals surface area contributed by atoms with Crippen molar-refractivity contribution in [3.8, 4) is 0 Å². The smallest absolute Gasteiger partial charge is 0.0543 e. The minimum Gasteiger partial charge on any atom is -0.312 e. The van der Waals surface area contributed by atoms with E-state index in [4.69, 9.17) is 0 Å². The molecule has 18 heavy (non-hydrogen) atoms. The fraction of sp³-hybridized carbons (Fsp3) is 0.667. The van der Waals surface area contributed by atoms with Gasteiger partial charge in [-0.2, -0.15) is 0 Å². The van der Waals surface area contributed by atoms with Crippen molar-refractivity contribution >= 4 is 0 Å². The van der Waals surface area contributed by atoms with E-state index in [1.165, 1.54) is 25.1 Å². The maximum atomic E-state index is 4.43. The lowest BCUT2D eigenvalue weighted by atomic mass is 9.99. The molecule has 1 saturated heterocycles. The number of nitrogens with one attached hydrogen (secondary N) is 1. The predicted molar refractivity (Wildman–Crippen MR) is 75.4 cm³/mol. The van der Waals surface area contributed by atoms with E-state index in [9.17, 15) is 0 Å². The van der Waals surface area contributed by atoms with Gasteiger partial charge in [-0.3, -0.25) is 9.88 Å². The molecule has 100 valence electrons. The Hall–Kier alpha value is -0.930. The molecule has 0 amide bonds. The third-order valence-corrected chi connectivity index (χ3v) is 3.96. The van der Waals surface area contributed by atoms with Crippen LogP contribution >= 0.6 is 0 Å². The lowest BCUT2D eigenvalue weighted by Crippen LogP contribution is -2.41. The van der Waals surface area contributed by atoms with E-state index in [1.807, 2.05) is 12.3 Å². The van der Waals surface area contributed by atoms with Crippen molar-refractivity contribution in [1.29, 1.82) is 0 Å². The van der Waals surface area contributed by atoms with E-state index < -0.39 is 0 Å². The first-order valence-corrected chi connectivity index (χ1v) is 7.15. The van der Waals surface area contributed by atoms with Crippen molar-refractivity contribution in [3.63, 3.8) is 0 Å². The van der Waals surface area contributed by atoms with E-state index in [1.54, 1.807) is 0 Å². The molecule has 1 aromatic heterocycles. The van der Waals surface area contributed by atoms with Gasteiger partial charge in [-0.15, -0.1) is 0 Å². The average molecular weight is 247 g/mol. The Kier molecular flexibility index (Phi) is 5.14. The Morgan fingerprint density at radius 1 is 1.50 bits per heavy atom. The van der Waals surface area contributed by atoms with Gasteiger partial charge in [0, 0.05) is 25.3 Å². The highest BCUT2D eigenvalue weighted by atomic mass is 15.2. The molecule has 3 heteroatoms. The summed E-state index contributed by atoms with van der Waals surface area (Å²) in [4.78, 5) is 6.97. The predicted octanol–water partition coefficient (Wildman–Crippen LogP) is 2.29. The normalized spacial score (nSPS) is 23.6. The number of pyridine rings is 1. The molecule has 1 aromatic rings. The van der Waals surface area contributed by atoms with E-state index in [2.05, 4.69) is 41.2 Å². The van der Waals surface area contributed by atoms with E-state index in [0.29, 0.717) is 6.04 Å². The van der Waals surface area contributed by atoms with Gasteiger partial charge in [0.2, 0.25) is 0 Å². The summed E-state index contributed by atoms with van der Waals surface area (Å²) in [6.45, 7) is 9.08. The summed E-state index contributed by atoms with van der Waals surface area (Å²) in [5.41, 5.74) is 1.18. The topological polar surface area (TPSA) is 28.2 Å². The van der Waals surface area contributed by atoms with Gasteiger partial charge < -0.3 is 5.32 Å². The Bertz CT molecular complexity index is 339. The highest BCUT2D eigenvalue weighted by Crippen LogP contribution is 2.13. The van der Waals surface area contributed by atoms with Crippen molar-refractivity contribution in [3.05, 3.63) is 30.1 Å². The van der Waals surface area contributed by atoms with Crippen LogP contribution in [0.1, 0.15) is 32.4 Å². The first-order valence-electron chi connectivity index (χ1n) is 7.15. The highest BCUT2D eigenvalue weighted by Gasteiger charge is 2.21. The summed E-state index contributed by atoms with van der Waals surface area (Å²) in [7, 11) is 0. The molecule has 1 aliphatic rings. The van der Waals surface area contributed by atoms with Gasteiger partial charge in [0.25, 0.3) is 0 Å². The van der Waals surface area contributed by atoms with Crippen molar-refractivity contribution in [2.45, 2.75) is 39.3 Å². The van der Waals surface area contributed by atoms with Gasteiger partial charge >= 0.3 is 0 Å². The summed E-state index contributed by atoms with van der Waals surface area (Å²) in [5.74, 6) is 0.745. The van der Waals surface area contributed by atoms with Gasteiger partial charge in [0.15, 0.2) is 0 Å². The van der Waals surface area contributed by atoms with Crippen LogP contribution in [0.5, 0.6) is 0 Å². The molecule has 0 spiro atoms. The Morgan fingerprint density at radius 3 is 3.11 bits per heavy atom. The van der Waals surface area contributed by atoms with Crippen LogP contribution in [0, 0.1) is 5.92 Å². The van der Waals surface area contributed by atoms with Gasteiger partial charge in [0.1, 0.15) is 0 Å². The molecule has 0 aliphatic carbocycles. The van der Waals surface area contributed by atoms with Crippen LogP contribution in [0.2, 0.25) is 0 Å². The Morgan fingerprint density at radius 2 is 2.39 bits per heavy atom. The molecule has 2 heterocycles. The van der Waals surface area contributed by atoms with Gasteiger partial charge in [-0.05, 0) is 37.6 Å². The number of rotatable bonds is 4. The summed E-state index contributed by atoms with van der Waals surface area (Å²) >= 11 is 0. The summed E-state index contributed by atoms with van der Waals surface area (Å²) in [6, 6.07) is 6.80. The lowest BCUT2D eigenvalue weighted by Gasteiger charge is -2.27. The zero-order valence-corrected chi connectivity index (χ0v) is 11.6. The molecule has 0 bridgehead atoms. The maximum Gasteiger partial charge on any atom is 0.0543 e. The molecule has 0 aromatic carbocycles. The number of hydrogen-bond donors (Lipinski definition) is 1. The molecule has 0 radical (unpaired) electrons. The van der Waals surface area contributed by atoms with Crippen LogP contribution in [0.25, 0.3) is 0 Å². The fourth-order valence-corrected chi connectivity index (χ4v) is 2.55. The Balaban J connectivity index is 1.95. The minimum atomic E-state index is 0.626. The molecule has 2 rings (SSSR count). The lowest BCUT2D eigenvalue weighted by molar-refractivity contribution is 0.229. The quantitative estimate of drug-likeness (QED) is 0.885. The van der Waals surface area contributed by atoms with Crippen LogP contribution in [0.3, 0.4) is 0 Å². The second kappa shape index (κ2) is 6.86. The summed E-state index contributed by atoms with van der Waals surface area (Å²) in [6.07, 6.45) is 4.37. The van der Waals surface area contributed by atoms with Crippen molar-refractivity contribution in [2.75, 3.05) is 19.6 Å². The molecular formula is C15H25N3. The first kappa shape index (κ1) is 13.5. The van der Waals surface area contributed by atoms with Crippen molar-refractivity contribution in [1.82, 2.24) is 15.2 Å². The van der Waals surface area contributed by atoms with Gasteiger partial charge in [-0.1, -0.05) is 26.3 Å². The molecule has 2 unspecified atom stereocenters. The molecule has 0 saturated carbocycles.